The van der Waals surface area contributed by atoms with Crippen LogP contribution in [0.5, 0.6) is 0 Å². The van der Waals surface area contributed by atoms with Crippen LogP contribution in [0.1, 0.15) is 11.1 Å². The van der Waals surface area contributed by atoms with Gasteiger partial charge in [-0.3, -0.25) is 5.41 Å². The molecule has 16 heavy (non-hydrogen) atoms. The topological polar surface area (TPSA) is 80.6 Å². The van der Waals surface area contributed by atoms with Crippen LogP contribution >= 0.6 is 22.6 Å². The molecule has 2 heterocycles. The van der Waals surface area contributed by atoms with Gasteiger partial charge in [-0.25, -0.2) is 9.67 Å². The van der Waals surface area contributed by atoms with E-state index in [0.717, 1.165) is 9.13 Å². The summed E-state index contributed by atoms with van der Waals surface area (Å²) in [7, 11) is 0. The smallest absolute Gasteiger partial charge is 0.164 e. The molecule has 5 nitrogen and oxygen atoms in total. The van der Waals surface area contributed by atoms with Crippen LogP contribution < -0.4 is 5.73 Å². The zero-order valence-corrected chi connectivity index (χ0v) is 10.8. The van der Waals surface area contributed by atoms with E-state index in [1.165, 1.54) is 0 Å². The Morgan fingerprint density at radius 2 is 2.31 bits per heavy atom. The standard InChI is InChI=1S/C10H10IN5/c1-6-2-3-14-10(8(6)9(12)13)16-5-7(11)4-15-16/h2-5H,1H3,(H3,12,13). The molecule has 0 radical (unpaired) electrons. The van der Waals surface area contributed by atoms with Crippen molar-refractivity contribution < 1.29 is 0 Å². The van der Waals surface area contributed by atoms with Crippen molar-refractivity contribution in [1.29, 1.82) is 5.41 Å². The fourth-order valence-corrected chi connectivity index (χ4v) is 1.86. The SMILES string of the molecule is Cc1ccnc(-n2cc(I)cn2)c1C(=N)N. The monoisotopic (exact) mass is 327 g/mol. The van der Waals surface area contributed by atoms with Crippen LogP contribution in [0.2, 0.25) is 0 Å². The molecule has 0 saturated heterocycles. The lowest BCUT2D eigenvalue weighted by Gasteiger charge is -2.09. The highest BCUT2D eigenvalue weighted by Gasteiger charge is 2.12. The number of nitrogen functional groups attached to an aromatic ring is 1. The second-order valence-electron chi connectivity index (χ2n) is 3.34. The van der Waals surface area contributed by atoms with Gasteiger partial charge < -0.3 is 5.73 Å². The molecule has 6 heteroatoms. The fraction of sp³-hybridized carbons (Fsp3) is 0.100. The normalized spacial score (nSPS) is 10.4. The zero-order chi connectivity index (χ0) is 11.7. The number of nitrogens with one attached hydrogen (secondary N) is 1. The zero-order valence-electron chi connectivity index (χ0n) is 8.61. The maximum absolute atomic E-state index is 7.57. The second kappa shape index (κ2) is 4.20. The van der Waals surface area contributed by atoms with Crippen molar-refractivity contribution in [2.24, 2.45) is 5.73 Å². The average Bonchev–Trinajstić information content (AvgIpc) is 2.63. The van der Waals surface area contributed by atoms with Crippen LogP contribution in [0.4, 0.5) is 0 Å². The van der Waals surface area contributed by atoms with Gasteiger partial charge in [0.1, 0.15) is 5.84 Å². The van der Waals surface area contributed by atoms with E-state index >= 15 is 0 Å². The summed E-state index contributed by atoms with van der Waals surface area (Å²) < 4.78 is 2.64. The molecule has 2 aromatic heterocycles. The number of halogens is 1. The Balaban J connectivity index is 2.65. The lowest BCUT2D eigenvalue weighted by molar-refractivity contribution is 0.841. The lowest BCUT2D eigenvalue weighted by Crippen LogP contribution is -2.17. The van der Waals surface area contributed by atoms with E-state index in [2.05, 4.69) is 32.7 Å². The van der Waals surface area contributed by atoms with E-state index in [9.17, 15) is 0 Å². The summed E-state index contributed by atoms with van der Waals surface area (Å²) in [4.78, 5) is 4.22. The predicted octanol–water partition coefficient (Wildman–Crippen LogP) is 1.46. The van der Waals surface area contributed by atoms with Crippen LogP contribution in [-0.4, -0.2) is 20.6 Å². The van der Waals surface area contributed by atoms with Gasteiger partial charge in [0, 0.05) is 12.4 Å². The van der Waals surface area contributed by atoms with E-state index in [-0.39, 0.29) is 5.84 Å². The molecule has 0 bridgehead atoms. The highest BCUT2D eigenvalue weighted by atomic mass is 127. The van der Waals surface area contributed by atoms with Crippen molar-refractivity contribution in [2.75, 3.05) is 0 Å². The van der Waals surface area contributed by atoms with Crippen molar-refractivity contribution in [2.45, 2.75) is 6.92 Å². The van der Waals surface area contributed by atoms with E-state index in [1.54, 1.807) is 17.1 Å². The summed E-state index contributed by atoms with van der Waals surface area (Å²) in [6, 6.07) is 1.83. The molecule has 2 aromatic rings. The minimum Gasteiger partial charge on any atom is -0.384 e. The van der Waals surface area contributed by atoms with Crippen LogP contribution in [0, 0.1) is 15.9 Å². The summed E-state index contributed by atoms with van der Waals surface area (Å²) in [5, 5.41) is 11.7. The molecule has 3 N–H and O–H groups in total. The third kappa shape index (κ3) is 1.92. The molecule has 0 aliphatic heterocycles. The van der Waals surface area contributed by atoms with Gasteiger partial charge >= 0.3 is 0 Å². The fourth-order valence-electron chi connectivity index (χ4n) is 1.47. The molecule has 82 valence electrons. The van der Waals surface area contributed by atoms with Gasteiger partial charge in [0.25, 0.3) is 0 Å². The first-order valence-corrected chi connectivity index (χ1v) is 5.68. The van der Waals surface area contributed by atoms with Crippen molar-refractivity contribution in [3.05, 3.63) is 39.4 Å². The number of nitrogens with two attached hydrogens (primary N) is 1. The second-order valence-corrected chi connectivity index (χ2v) is 4.59. The van der Waals surface area contributed by atoms with Crippen LogP contribution in [-0.2, 0) is 0 Å². The lowest BCUT2D eigenvalue weighted by atomic mass is 10.1. The molecule has 0 atom stereocenters. The number of aromatic nitrogens is 3. The summed E-state index contributed by atoms with van der Waals surface area (Å²) in [6.45, 7) is 1.90. The maximum Gasteiger partial charge on any atom is 0.164 e. The molecular formula is C10H10IN5. The highest BCUT2D eigenvalue weighted by Crippen LogP contribution is 2.15. The number of hydrogen-bond acceptors (Lipinski definition) is 3. The first kappa shape index (κ1) is 11.1. The number of rotatable bonds is 2. The van der Waals surface area contributed by atoms with Crippen LogP contribution in [0.3, 0.4) is 0 Å². The van der Waals surface area contributed by atoms with Gasteiger partial charge in [-0.2, -0.15) is 5.10 Å². The van der Waals surface area contributed by atoms with Gasteiger partial charge in [-0.1, -0.05) is 0 Å². The Bertz CT molecular complexity index is 546. The van der Waals surface area contributed by atoms with Gasteiger partial charge in [-0.15, -0.1) is 0 Å². The predicted molar refractivity (Wildman–Crippen MR) is 69.8 cm³/mol. The Morgan fingerprint density at radius 1 is 1.56 bits per heavy atom. The number of hydrogen-bond donors (Lipinski definition) is 2. The molecule has 0 aliphatic rings. The van der Waals surface area contributed by atoms with Crippen molar-refractivity contribution in [1.82, 2.24) is 14.8 Å². The van der Waals surface area contributed by atoms with E-state index in [1.807, 2.05) is 19.2 Å². The molecule has 0 saturated carbocycles. The van der Waals surface area contributed by atoms with Gasteiger partial charge in [0.05, 0.1) is 15.3 Å². The largest absolute Gasteiger partial charge is 0.384 e. The van der Waals surface area contributed by atoms with Gasteiger partial charge in [0.15, 0.2) is 5.82 Å². The number of nitrogens with zero attached hydrogens (tertiary/aromatic N) is 3. The Morgan fingerprint density at radius 3 is 2.88 bits per heavy atom. The van der Waals surface area contributed by atoms with E-state index in [4.69, 9.17) is 11.1 Å². The summed E-state index contributed by atoms with van der Waals surface area (Å²) in [6.07, 6.45) is 5.26. The minimum atomic E-state index is 0.00566. The van der Waals surface area contributed by atoms with Crippen molar-refractivity contribution in [3.63, 3.8) is 0 Å². The summed E-state index contributed by atoms with van der Waals surface area (Å²) in [5.41, 5.74) is 7.11. The minimum absolute atomic E-state index is 0.00566. The van der Waals surface area contributed by atoms with Crippen molar-refractivity contribution >= 4 is 28.4 Å². The maximum atomic E-state index is 7.57. The van der Waals surface area contributed by atoms with E-state index in [0.29, 0.717) is 11.4 Å². The molecule has 0 aromatic carbocycles. The summed E-state index contributed by atoms with van der Waals surface area (Å²) >= 11 is 2.17. The van der Waals surface area contributed by atoms with E-state index < -0.39 is 0 Å². The molecular weight excluding hydrogens is 317 g/mol. The molecule has 0 fully saturated rings. The Labute approximate surface area is 106 Å². The quantitative estimate of drug-likeness (QED) is 0.498. The third-order valence-corrected chi connectivity index (χ3v) is 2.73. The molecule has 2 rings (SSSR count). The Hall–Kier alpha value is -1.44. The first-order chi connectivity index (χ1) is 7.59. The van der Waals surface area contributed by atoms with Crippen LogP contribution in [0.25, 0.3) is 5.82 Å². The number of aryl methyl sites for hydroxylation is 1. The highest BCUT2D eigenvalue weighted by molar-refractivity contribution is 14.1. The Kier molecular flexibility index (Phi) is 2.90. The van der Waals surface area contributed by atoms with Gasteiger partial charge in [-0.05, 0) is 41.1 Å². The van der Waals surface area contributed by atoms with Crippen molar-refractivity contribution in [3.8, 4) is 5.82 Å². The van der Waals surface area contributed by atoms with Gasteiger partial charge in [0.2, 0.25) is 0 Å². The van der Waals surface area contributed by atoms with Crippen LogP contribution in [0.15, 0.2) is 24.7 Å². The number of amidine groups is 1. The average molecular weight is 327 g/mol. The third-order valence-electron chi connectivity index (χ3n) is 2.18. The first-order valence-electron chi connectivity index (χ1n) is 4.60. The molecule has 0 aliphatic carbocycles. The number of pyridine rings is 1. The molecule has 0 spiro atoms. The summed E-state index contributed by atoms with van der Waals surface area (Å²) in [5.74, 6) is 0.599. The molecule has 0 unspecified atom stereocenters. The molecule has 0 amide bonds.